The van der Waals surface area contributed by atoms with E-state index in [4.69, 9.17) is 11.6 Å². The van der Waals surface area contributed by atoms with E-state index in [9.17, 15) is 4.79 Å². The van der Waals surface area contributed by atoms with E-state index in [1.807, 2.05) is 42.5 Å². The summed E-state index contributed by atoms with van der Waals surface area (Å²) in [5, 5.41) is 4.12. The molecule has 0 aliphatic heterocycles. The molecule has 102 valence electrons. The number of nitrogens with one attached hydrogen (secondary N) is 3. The first-order valence-electron chi connectivity index (χ1n) is 6.36. The van der Waals surface area contributed by atoms with E-state index in [-0.39, 0.29) is 11.7 Å². The lowest BCUT2D eigenvalue weighted by molar-refractivity contribution is 0.885. The average Bonchev–Trinajstić information content (AvgIpc) is 2.78. The number of benzene rings is 2. The molecule has 0 spiro atoms. The summed E-state index contributed by atoms with van der Waals surface area (Å²) in [6.07, 6.45) is 0. The average molecular weight is 288 g/mol. The van der Waals surface area contributed by atoms with Crippen LogP contribution in [0.25, 0.3) is 11.0 Å². The van der Waals surface area contributed by atoms with Crippen LogP contribution in [0.5, 0.6) is 0 Å². The highest BCUT2D eigenvalue weighted by Gasteiger charge is 2.07. The Labute approximate surface area is 120 Å². The Hall–Kier alpha value is -2.20. The summed E-state index contributed by atoms with van der Waals surface area (Å²) < 4.78 is 0. The van der Waals surface area contributed by atoms with Gasteiger partial charge in [0.15, 0.2) is 0 Å². The van der Waals surface area contributed by atoms with Crippen LogP contribution in [0.15, 0.2) is 47.3 Å². The Bertz CT molecular complexity index is 806. The van der Waals surface area contributed by atoms with Gasteiger partial charge in [-0.2, -0.15) is 0 Å². The van der Waals surface area contributed by atoms with E-state index in [0.717, 1.165) is 27.3 Å². The molecule has 0 amide bonds. The molecule has 0 bridgehead atoms. The zero-order valence-corrected chi connectivity index (χ0v) is 11.7. The maximum absolute atomic E-state index is 11.2. The van der Waals surface area contributed by atoms with Crippen LogP contribution in [-0.4, -0.2) is 9.97 Å². The molecule has 3 aromatic rings. The minimum absolute atomic E-state index is 0.122. The van der Waals surface area contributed by atoms with Gasteiger partial charge in [-0.05, 0) is 42.8 Å². The van der Waals surface area contributed by atoms with Crippen molar-refractivity contribution in [2.45, 2.75) is 13.0 Å². The number of rotatable bonds is 3. The van der Waals surface area contributed by atoms with E-state index in [1.165, 1.54) is 0 Å². The summed E-state index contributed by atoms with van der Waals surface area (Å²) >= 11 is 6.00. The maximum atomic E-state index is 11.2. The fourth-order valence-corrected chi connectivity index (χ4v) is 2.43. The molecule has 1 aromatic heterocycles. The fourth-order valence-electron chi connectivity index (χ4n) is 2.23. The number of hydrogen-bond donors (Lipinski definition) is 3. The second kappa shape index (κ2) is 5.06. The highest BCUT2D eigenvalue weighted by Crippen LogP contribution is 2.23. The molecule has 0 saturated heterocycles. The van der Waals surface area contributed by atoms with Crippen LogP contribution in [-0.2, 0) is 0 Å². The topological polar surface area (TPSA) is 60.7 Å². The van der Waals surface area contributed by atoms with E-state index >= 15 is 0 Å². The molecule has 5 heteroatoms. The lowest BCUT2D eigenvalue weighted by Gasteiger charge is -2.16. The Morgan fingerprint density at radius 1 is 1.10 bits per heavy atom. The Morgan fingerprint density at radius 3 is 2.70 bits per heavy atom. The van der Waals surface area contributed by atoms with Crippen molar-refractivity contribution in [3.63, 3.8) is 0 Å². The first kappa shape index (κ1) is 12.8. The molecule has 0 fully saturated rings. The Balaban J connectivity index is 1.86. The quantitative estimate of drug-likeness (QED) is 0.688. The monoisotopic (exact) mass is 287 g/mol. The molecule has 3 rings (SSSR count). The van der Waals surface area contributed by atoms with E-state index < -0.39 is 0 Å². The van der Waals surface area contributed by atoms with Crippen molar-refractivity contribution in [2.75, 3.05) is 5.32 Å². The van der Waals surface area contributed by atoms with Crippen molar-refractivity contribution < 1.29 is 0 Å². The molecule has 20 heavy (non-hydrogen) atoms. The summed E-state index contributed by atoms with van der Waals surface area (Å²) in [4.78, 5) is 16.7. The van der Waals surface area contributed by atoms with Crippen molar-refractivity contribution in [3.8, 4) is 0 Å². The molecule has 1 heterocycles. The van der Waals surface area contributed by atoms with Crippen molar-refractivity contribution in [2.24, 2.45) is 0 Å². The largest absolute Gasteiger partial charge is 0.378 e. The van der Waals surface area contributed by atoms with Gasteiger partial charge in [0, 0.05) is 16.8 Å². The summed E-state index contributed by atoms with van der Waals surface area (Å²) in [6, 6.07) is 13.6. The lowest BCUT2D eigenvalue weighted by atomic mass is 10.1. The van der Waals surface area contributed by atoms with Crippen LogP contribution in [0.4, 0.5) is 5.69 Å². The van der Waals surface area contributed by atoms with Crippen molar-refractivity contribution in [1.29, 1.82) is 0 Å². The fraction of sp³-hybridized carbons (Fsp3) is 0.133. The summed E-state index contributed by atoms with van der Waals surface area (Å²) in [7, 11) is 0. The number of H-pyrrole nitrogens is 2. The number of hydrogen-bond acceptors (Lipinski definition) is 2. The Kier molecular flexibility index (Phi) is 3.24. The van der Waals surface area contributed by atoms with E-state index in [1.54, 1.807) is 0 Å². The smallest absolute Gasteiger partial charge is 0.323 e. The predicted octanol–water partition coefficient (Wildman–Crippen LogP) is 3.68. The summed E-state index contributed by atoms with van der Waals surface area (Å²) in [5.41, 5.74) is 3.45. The molecule has 0 aliphatic rings. The normalized spacial score (nSPS) is 12.5. The second-order valence-corrected chi connectivity index (χ2v) is 5.20. The van der Waals surface area contributed by atoms with Gasteiger partial charge in [0.2, 0.25) is 0 Å². The molecule has 0 saturated carbocycles. The van der Waals surface area contributed by atoms with Crippen LogP contribution in [0.1, 0.15) is 18.5 Å². The second-order valence-electron chi connectivity index (χ2n) is 4.76. The third-order valence-corrected chi connectivity index (χ3v) is 3.48. The number of fused-ring (bicyclic) bond motifs is 1. The zero-order chi connectivity index (χ0) is 14.1. The molecular formula is C15H14ClN3O. The molecule has 4 nitrogen and oxygen atoms in total. The first-order valence-corrected chi connectivity index (χ1v) is 6.74. The SMILES string of the molecule is CC(Nc1ccc2[nH]c(=O)[nH]c2c1)c1cccc(Cl)c1. The van der Waals surface area contributed by atoms with E-state index in [0.29, 0.717) is 0 Å². The predicted molar refractivity (Wildman–Crippen MR) is 82.4 cm³/mol. The maximum Gasteiger partial charge on any atom is 0.323 e. The number of aromatic nitrogens is 2. The molecule has 3 N–H and O–H groups in total. The van der Waals surface area contributed by atoms with Gasteiger partial charge >= 0.3 is 5.69 Å². The molecule has 1 unspecified atom stereocenters. The minimum atomic E-state index is -0.194. The third kappa shape index (κ3) is 2.56. The van der Waals surface area contributed by atoms with Crippen molar-refractivity contribution in [1.82, 2.24) is 9.97 Å². The molecular weight excluding hydrogens is 274 g/mol. The molecule has 1 atom stereocenters. The number of aromatic amines is 2. The van der Waals surface area contributed by atoms with Gasteiger partial charge in [-0.15, -0.1) is 0 Å². The van der Waals surface area contributed by atoms with Crippen LogP contribution in [0, 0.1) is 0 Å². The Morgan fingerprint density at radius 2 is 1.90 bits per heavy atom. The van der Waals surface area contributed by atoms with Gasteiger partial charge in [-0.25, -0.2) is 4.79 Å². The minimum Gasteiger partial charge on any atom is -0.378 e. The van der Waals surface area contributed by atoms with Gasteiger partial charge in [0.25, 0.3) is 0 Å². The van der Waals surface area contributed by atoms with Crippen LogP contribution < -0.4 is 11.0 Å². The highest BCUT2D eigenvalue weighted by molar-refractivity contribution is 6.30. The van der Waals surface area contributed by atoms with Gasteiger partial charge in [0.1, 0.15) is 0 Å². The van der Waals surface area contributed by atoms with Gasteiger partial charge in [-0.3, -0.25) is 0 Å². The number of imidazole rings is 1. The standard InChI is InChI=1S/C15H14ClN3O/c1-9(10-3-2-4-11(16)7-10)17-12-5-6-13-14(8-12)19-15(20)18-13/h2-9,17H,1H3,(H2,18,19,20). The van der Waals surface area contributed by atoms with Gasteiger partial charge in [0.05, 0.1) is 11.0 Å². The summed E-state index contributed by atoms with van der Waals surface area (Å²) in [6.45, 7) is 2.07. The van der Waals surface area contributed by atoms with Crippen LogP contribution in [0.3, 0.4) is 0 Å². The highest BCUT2D eigenvalue weighted by atomic mass is 35.5. The van der Waals surface area contributed by atoms with Crippen molar-refractivity contribution in [3.05, 3.63) is 63.5 Å². The van der Waals surface area contributed by atoms with Crippen molar-refractivity contribution >= 4 is 28.3 Å². The third-order valence-electron chi connectivity index (χ3n) is 3.25. The number of halogens is 1. The molecule has 2 aromatic carbocycles. The van der Waals surface area contributed by atoms with Gasteiger partial charge < -0.3 is 15.3 Å². The summed E-state index contributed by atoms with van der Waals surface area (Å²) in [5.74, 6) is 0. The molecule has 0 aliphatic carbocycles. The zero-order valence-electron chi connectivity index (χ0n) is 10.9. The first-order chi connectivity index (χ1) is 9.61. The van der Waals surface area contributed by atoms with Crippen LogP contribution in [0.2, 0.25) is 5.02 Å². The lowest BCUT2D eigenvalue weighted by Crippen LogP contribution is -2.06. The van der Waals surface area contributed by atoms with Crippen LogP contribution >= 0.6 is 11.6 Å². The number of anilines is 1. The van der Waals surface area contributed by atoms with Gasteiger partial charge in [-0.1, -0.05) is 23.7 Å². The van der Waals surface area contributed by atoms with E-state index in [2.05, 4.69) is 22.2 Å². The molecule has 0 radical (unpaired) electrons.